The van der Waals surface area contributed by atoms with Gasteiger partial charge in [-0.25, -0.2) is 4.39 Å². The van der Waals surface area contributed by atoms with Gasteiger partial charge in [0.1, 0.15) is 11.6 Å². The molecule has 1 aromatic carbocycles. The molecule has 0 unspecified atom stereocenters. The van der Waals surface area contributed by atoms with E-state index in [-0.39, 0.29) is 11.6 Å². The highest BCUT2D eigenvalue weighted by molar-refractivity contribution is 5.68. The van der Waals surface area contributed by atoms with Crippen LogP contribution in [0.1, 0.15) is 11.1 Å². The summed E-state index contributed by atoms with van der Waals surface area (Å²) in [6, 6.07) is 2.95. The molecule has 0 aliphatic carbocycles. The predicted molar refractivity (Wildman–Crippen MR) is 62.3 cm³/mol. The van der Waals surface area contributed by atoms with Crippen LogP contribution < -0.4 is 10.5 Å². The van der Waals surface area contributed by atoms with E-state index >= 15 is 0 Å². The summed E-state index contributed by atoms with van der Waals surface area (Å²) in [5.41, 5.74) is 7.33. The van der Waals surface area contributed by atoms with Gasteiger partial charge in [0.15, 0.2) is 11.6 Å². The Hall–Kier alpha value is -2.04. The van der Waals surface area contributed by atoms with Crippen LogP contribution in [0.2, 0.25) is 0 Å². The van der Waals surface area contributed by atoms with Gasteiger partial charge >= 0.3 is 0 Å². The van der Waals surface area contributed by atoms with Crippen molar-refractivity contribution in [1.82, 2.24) is 5.16 Å². The van der Waals surface area contributed by atoms with Gasteiger partial charge in [-0.1, -0.05) is 5.16 Å². The fraction of sp³-hybridized carbons (Fsp3) is 0.250. The second kappa shape index (κ2) is 4.08. The first-order valence-electron chi connectivity index (χ1n) is 5.11. The molecule has 4 nitrogen and oxygen atoms in total. The second-order valence-corrected chi connectivity index (χ2v) is 3.81. The zero-order chi connectivity index (χ0) is 12.6. The largest absolute Gasteiger partial charge is 0.496 e. The van der Waals surface area contributed by atoms with Gasteiger partial charge in [0.05, 0.1) is 7.11 Å². The number of aromatic nitrogens is 1. The van der Waals surface area contributed by atoms with Gasteiger partial charge in [0, 0.05) is 22.8 Å². The van der Waals surface area contributed by atoms with Gasteiger partial charge in [-0.2, -0.15) is 0 Å². The predicted octanol–water partition coefficient (Wildman–Crippen LogP) is 2.69. The lowest BCUT2D eigenvalue weighted by molar-refractivity contribution is 0.402. The topological polar surface area (TPSA) is 61.3 Å². The van der Waals surface area contributed by atoms with Crippen molar-refractivity contribution in [3.8, 4) is 17.1 Å². The molecule has 0 aliphatic heterocycles. The van der Waals surface area contributed by atoms with Crippen LogP contribution in [-0.2, 0) is 0 Å². The first-order valence-corrected chi connectivity index (χ1v) is 5.11. The molecule has 2 aromatic rings. The second-order valence-electron chi connectivity index (χ2n) is 3.81. The first-order chi connectivity index (χ1) is 8.04. The molecule has 1 heterocycles. The van der Waals surface area contributed by atoms with Gasteiger partial charge in [0.25, 0.3) is 0 Å². The number of anilines is 1. The van der Waals surface area contributed by atoms with Gasteiger partial charge in [-0.3, -0.25) is 0 Å². The van der Waals surface area contributed by atoms with Crippen LogP contribution in [0.4, 0.5) is 10.2 Å². The van der Waals surface area contributed by atoms with Crippen LogP contribution in [0.15, 0.2) is 16.7 Å². The minimum atomic E-state index is -0.350. The van der Waals surface area contributed by atoms with Crippen molar-refractivity contribution in [2.75, 3.05) is 12.8 Å². The number of benzene rings is 1. The third kappa shape index (κ3) is 1.84. The summed E-state index contributed by atoms with van der Waals surface area (Å²) in [6.45, 7) is 3.50. The van der Waals surface area contributed by atoms with Crippen LogP contribution in [0.25, 0.3) is 11.3 Å². The zero-order valence-electron chi connectivity index (χ0n) is 9.87. The lowest BCUT2D eigenvalue weighted by atomic mass is 10.0. The Labute approximate surface area is 98.2 Å². The number of nitrogens with two attached hydrogens (primary N) is 1. The molecule has 0 saturated carbocycles. The number of nitrogen functional groups attached to an aromatic ring is 1. The molecular weight excluding hydrogens is 223 g/mol. The third-order valence-electron chi connectivity index (χ3n) is 2.71. The summed E-state index contributed by atoms with van der Waals surface area (Å²) in [7, 11) is 1.51. The third-order valence-corrected chi connectivity index (χ3v) is 2.71. The number of rotatable bonds is 2. The van der Waals surface area contributed by atoms with Gasteiger partial charge in [-0.05, 0) is 19.9 Å². The van der Waals surface area contributed by atoms with Crippen molar-refractivity contribution in [3.05, 3.63) is 29.1 Å². The molecule has 2 rings (SSSR count). The molecule has 0 aliphatic rings. The quantitative estimate of drug-likeness (QED) is 0.870. The Kier molecular flexibility index (Phi) is 2.75. The monoisotopic (exact) mass is 236 g/mol. The maximum absolute atomic E-state index is 13.7. The fourth-order valence-electron chi connectivity index (χ4n) is 1.83. The summed E-state index contributed by atoms with van der Waals surface area (Å²) < 4.78 is 23.9. The summed E-state index contributed by atoms with van der Waals surface area (Å²) in [6.07, 6.45) is 0. The van der Waals surface area contributed by atoms with Crippen LogP contribution in [0.5, 0.6) is 5.75 Å². The van der Waals surface area contributed by atoms with Crippen LogP contribution >= 0.6 is 0 Å². The zero-order valence-corrected chi connectivity index (χ0v) is 9.87. The minimum absolute atomic E-state index is 0.263. The highest BCUT2D eigenvalue weighted by Crippen LogP contribution is 2.34. The average Bonchev–Trinajstić information content (AvgIpc) is 2.71. The number of hydrogen-bond donors (Lipinski definition) is 1. The van der Waals surface area contributed by atoms with E-state index in [4.69, 9.17) is 15.0 Å². The number of methoxy groups -OCH3 is 1. The van der Waals surface area contributed by atoms with Crippen LogP contribution in [0.3, 0.4) is 0 Å². The van der Waals surface area contributed by atoms with Crippen LogP contribution in [-0.4, -0.2) is 12.3 Å². The van der Waals surface area contributed by atoms with Crippen molar-refractivity contribution in [1.29, 1.82) is 0 Å². The number of nitrogens with zero attached hydrogens (tertiary/aromatic N) is 1. The molecule has 5 heteroatoms. The molecular formula is C12H13FN2O2. The SMILES string of the molecule is COc1c(C)c(F)cc(-c2cc(N)no2)c1C. The molecule has 0 amide bonds. The Bertz CT molecular complexity index is 564. The highest BCUT2D eigenvalue weighted by Gasteiger charge is 2.17. The fourth-order valence-corrected chi connectivity index (χ4v) is 1.83. The first kappa shape index (κ1) is 11.4. The Morgan fingerprint density at radius 2 is 2.00 bits per heavy atom. The lowest BCUT2D eigenvalue weighted by Crippen LogP contribution is -1.96. The van der Waals surface area contributed by atoms with Crippen molar-refractivity contribution < 1.29 is 13.7 Å². The van der Waals surface area contributed by atoms with E-state index in [0.29, 0.717) is 22.6 Å². The molecule has 0 saturated heterocycles. The normalized spacial score (nSPS) is 10.6. The van der Waals surface area contributed by atoms with E-state index in [0.717, 1.165) is 5.56 Å². The summed E-state index contributed by atoms with van der Waals surface area (Å²) >= 11 is 0. The van der Waals surface area contributed by atoms with Crippen LogP contribution in [0, 0.1) is 19.7 Å². The summed E-state index contributed by atoms with van der Waals surface area (Å²) in [5, 5.41) is 3.58. The smallest absolute Gasteiger partial charge is 0.169 e. The molecule has 0 atom stereocenters. The van der Waals surface area contributed by atoms with E-state index in [1.807, 2.05) is 6.92 Å². The number of halogens is 1. The maximum Gasteiger partial charge on any atom is 0.169 e. The van der Waals surface area contributed by atoms with Gasteiger partial charge < -0.3 is 15.0 Å². The van der Waals surface area contributed by atoms with Gasteiger partial charge in [-0.15, -0.1) is 0 Å². The molecule has 1 aromatic heterocycles. The van der Waals surface area contributed by atoms with Crippen molar-refractivity contribution in [2.24, 2.45) is 0 Å². The maximum atomic E-state index is 13.7. The Morgan fingerprint density at radius 3 is 2.53 bits per heavy atom. The number of ether oxygens (including phenoxy) is 1. The molecule has 0 radical (unpaired) electrons. The van der Waals surface area contributed by atoms with Crippen molar-refractivity contribution in [2.45, 2.75) is 13.8 Å². The summed E-state index contributed by atoms with van der Waals surface area (Å²) in [5.74, 6) is 0.851. The van der Waals surface area contributed by atoms with Gasteiger partial charge in [0.2, 0.25) is 0 Å². The van der Waals surface area contributed by atoms with E-state index < -0.39 is 0 Å². The number of hydrogen-bond acceptors (Lipinski definition) is 4. The molecule has 90 valence electrons. The van der Waals surface area contributed by atoms with E-state index in [1.165, 1.54) is 13.2 Å². The summed E-state index contributed by atoms with van der Waals surface area (Å²) in [4.78, 5) is 0. The Balaban J connectivity index is 2.67. The van der Waals surface area contributed by atoms with Crippen molar-refractivity contribution >= 4 is 5.82 Å². The molecule has 0 fully saturated rings. The standard InChI is InChI=1S/C12H13FN2O2/c1-6-8(10-5-11(14)15-17-10)4-9(13)7(2)12(6)16-3/h4-5H,1-3H3,(H2,14,15). The highest BCUT2D eigenvalue weighted by atomic mass is 19.1. The molecule has 0 spiro atoms. The van der Waals surface area contributed by atoms with Crippen molar-refractivity contribution in [3.63, 3.8) is 0 Å². The molecule has 0 bridgehead atoms. The van der Waals surface area contributed by atoms with E-state index in [1.54, 1.807) is 13.0 Å². The average molecular weight is 236 g/mol. The van der Waals surface area contributed by atoms with E-state index in [9.17, 15) is 4.39 Å². The lowest BCUT2D eigenvalue weighted by Gasteiger charge is -2.12. The minimum Gasteiger partial charge on any atom is -0.496 e. The Morgan fingerprint density at radius 1 is 1.29 bits per heavy atom. The molecule has 17 heavy (non-hydrogen) atoms. The van der Waals surface area contributed by atoms with E-state index in [2.05, 4.69) is 5.16 Å². The molecule has 2 N–H and O–H groups in total.